The Kier molecular flexibility index (Phi) is 10.9. The predicted octanol–water partition coefficient (Wildman–Crippen LogP) is 3.72. The Morgan fingerprint density at radius 1 is 1.21 bits per heavy atom. The molecule has 0 unspecified atom stereocenters. The molecule has 1 aromatic rings. The number of amides is 1. The van der Waals surface area contributed by atoms with E-state index in [0.29, 0.717) is 36.2 Å². The van der Waals surface area contributed by atoms with Gasteiger partial charge in [-0.15, -0.1) is 0 Å². The first-order valence-electron chi connectivity index (χ1n) is 10.1. The molecule has 0 saturated heterocycles. The standard InChI is InChI=1S/C21H35ClN4O2/c1-5-21(6-2,11-13-27)15-25-20(23-7-3)24-12-10-19(28)26-18-9-8-16(4)14-17(18)22/h8-9,14,27H,5-7,10-13,15H2,1-4H3,(H,26,28)(H2,23,24,25). The van der Waals surface area contributed by atoms with Crippen molar-refractivity contribution >= 4 is 29.2 Å². The SMILES string of the molecule is CCNC(=NCC(CC)(CC)CCO)NCCC(=O)Nc1ccc(C)cc1Cl. The molecule has 158 valence electrons. The molecule has 0 radical (unpaired) electrons. The van der Waals surface area contributed by atoms with Gasteiger partial charge in [0.2, 0.25) is 5.91 Å². The molecule has 4 N–H and O–H groups in total. The molecule has 0 atom stereocenters. The molecule has 0 aliphatic heterocycles. The number of carbonyl (C=O) groups is 1. The Bertz CT molecular complexity index is 645. The molecule has 28 heavy (non-hydrogen) atoms. The summed E-state index contributed by atoms with van der Waals surface area (Å²) in [7, 11) is 0. The van der Waals surface area contributed by atoms with Crippen molar-refractivity contribution in [3.05, 3.63) is 28.8 Å². The number of benzene rings is 1. The third-order valence-corrected chi connectivity index (χ3v) is 5.41. The van der Waals surface area contributed by atoms with Gasteiger partial charge in [0.15, 0.2) is 5.96 Å². The molecule has 0 heterocycles. The lowest BCUT2D eigenvalue weighted by Gasteiger charge is -2.29. The molecule has 0 aliphatic rings. The van der Waals surface area contributed by atoms with Crippen LogP contribution in [-0.2, 0) is 4.79 Å². The summed E-state index contributed by atoms with van der Waals surface area (Å²) in [5.41, 5.74) is 1.68. The maximum absolute atomic E-state index is 12.2. The maximum Gasteiger partial charge on any atom is 0.226 e. The Balaban J connectivity index is 2.58. The second kappa shape index (κ2) is 12.6. The lowest BCUT2D eigenvalue weighted by atomic mass is 9.79. The van der Waals surface area contributed by atoms with E-state index in [4.69, 9.17) is 11.6 Å². The van der Waals surface area contributed by atoms with Gasteiger partial charge in [-0.25, -0.2) is 0 Å². The summed E-state index contributed by atoms with van der Waals surface area (Å²) in [5, 5.41) is 19.1. The van der Waals surface area contributed by atoms with Gasteiger partial charge < -0.3 is 21.1 Å². The van der Waals surface area contributed by atoms with Crippen LogP contribution in [0.2, 0.25) is 5.02 Å². The summed E-state index contributed by atoms with van der Waals surface area (Å²) in [4.78, 5) is 16.9. The molecule has 0 aromatic heterocycles. The van der Waals surface area contributed by atoms with Crippen molar-refractivity contribution < 1.29 is 9.90 Å². The van der Waals surface area contributed by atoms with Gasteiger partial charge in [0.05, 0.1) is 10.7 Å². The number of nitrogens with zero attached hydrogens (tertiary/aromatic N) is 1. The van der Waals surface area contributed by atoms with Crippen LogP contribution < -0.4 is 16.0 Å². The minimum Gasteiger partial charge on any atom is -0.396 e. The fourth-order valence-electron chi connectivity index (χ4n) is 2.96. The van der Waals surface area contributed by atoms with Crippen LogP contribution in [0.1, 0.15) is 52.0 Å². The van der Waals surface area contributed by atoms with Crippen molar-refractivity contribution in [2.45, 2.75) is 53.4 Å². The molecular formula is C21H35ClN4O2. The highest BCUT2D eigenvalue weighted by Crippen LogP contribution is 2.30. The molecule has 0 spiro atoms. The lowest BCUT2D eigenvalue weighted by molar-refractivity contribution is -0.116. The molecule has 6 nitrogen and oxygen atoms in total. The molecular weight excluding hydrogens is 376 g/mol. The van der Waals surface area contributed by atoms with Crippen LogP contribution in [0.3, 0.4) is 0 Å². The summed E-state index contributed by atoms with van der Waals surface area (Å²) < 4.78 is 0. The van der Waals surface area contributed by atoms with E-state index in [1.807, 2.05) is 32.0 Å². The van der Waals surface area contributed by atoms with Gasteiger partial charge >= 0.3 is 0 Å². The van der Waals surface area contributed by atoms with E-state index >= 15 is 0 Å². The van der Waals surface area contributed by atoms with Crippen LogP contribution >= 0.6 is 11.6 Å². The minimum atomic E-state index is -0.106. The Morgan fingerprint density at radius 3 is 2.50 bits per heavy atom. The zero-order chi connectivity index (χ0) is 21.0. The van der Waals surface area contributed by atoms with Crippen LogP contribution in [0.4, 0.5) is 5.69 Å². The summed E-state index contributed by atoms with van der Waals surface area (Å²) in [6.45, 7) is 10.2. The number of guanidine groups is 1. The van der Waals surface area contributed by atoms with Gasteiger partial charge in [-0.1, -0.05) is 31.5 Å². The van der Waals surface area contributed by atoms with Crippen molar-refractivity contribution in [2.24, 2.45) is 10.4 Å². The van der Waals surface area contributed by atoms with Gasteiger partial charge in [-0.3, -0.25) is 9.79 Å². The maximum atomic E-state index is 12.2. The smallest absolute Gasteiger partial charge is 0.226 e. The molecule has 1 amide bonds. The third-order valence-electron chi connectivity index (χ3n) is 5.10. The fourth-order valence-corrected chi connectivity index (χ4v) is 3.24. The van der Waals surface area contributed by atoms with Gasteiger partial charge in [0.25, 0.3) is 0 Å². The number of hydrogen-bond donors (Lipinski definition) is 4. The van der Waals surface area contributed by atoms with Gasteiger partial charge in [-0.05, 0) is 56.2 Å². The van der Waals surface area contributed by atoms with Crippen LogP contribution in [0.25, 0.3) is 0 Å². The minimum absolute atomic E-state index is 0.0106. The summed E-state index contributed by atoms with van der Waals surface area (Å²) in [6, 6.07) is 5.55. The summed E-state index contributed by atoms with van der Waals surface area (Å²) in [6.07, 6.45) is 2.97. The number of hydrogen-bond acceptors (Lipinski definition) is 3. The van der Waals surface area contributed by atoms with Crippen molar-refractivity contribution in [3.63, 3.8) is 0 Å². The number of carbonyl (C=O) groups excluding carboxylic acids is 1. The van der Waals surface area contributed by atoms with Crippen LogP contribution in [0.5, 0.6) is 0 Å². The average molecular weight is 411 g/mol. The van der Waals surface area contributed by atoms with Crippen molar-refractivity contribution in [3.8, 4) is 0 Å². The molecule has 0 aliphatic carbocycles. The fraction of sp³-hybridized carbons (Fsp3) is 0.619. The second-order valence-electron chi connectivity index (χ2n) is 7.08. The predicted molar refractivity (Wildman–Crippen MR) is 118 cm³/mol. The van der Waals surface area contributed by atoms with Gasteiger partial charge in [-0.2, -0.15) is 0 Å². The third kappa shape index (κ3) is 8.07. The van der Waals surface area contributed by atoms with E-state index in [1.54, 1.807) is 0 Å². The zero-order valence-electron chi connectivity index (χ0n) is 17.6. The summed E-state index contributed by atoms with van der Waals surface area (Å²) >= 11 is 6.16. The lowest BCUT2D eigenvalue weighted by Crippen LogP contribution is -2.40. The number of anilines is 1. The Hall–Kier alpha value is -1.79. The Morgan fingerprint density at radius 2 is 1.93 bits per heavy atom. The number of aliphatic imine (C=N–C) groups is 1. The van der Waals surface area contributed by atoms with E-state index in [0.717, 1.165) is 31.4 Å². The van der Waals surface area contributed by atoms with Crippen LogP contribution in [0.15, 0.2) is 23.2 Å². The number of aliphatic hydroxyl groups excluding tert-OH is 1. The van der Waals surface area contributed by atoms with Crippen molar-refractivity contribution in [2.75, 3.05) is 31.6 Å². The zero-order valence-corrected chi connectivity index (χ0v) is 18.3. The highest BCUT2D eigenvalue weighted by molar-refractivity contribution is 6.33. The first-order chi connectivity index (χ1) is 13.4. The number of aliphatic hydroxyl groups is 1. The highest BCUT2D eigenvalue weighted by Gasteiger charge is 2.25. The Labute approximate surface area is 174 Å². The van der Waals surface area contributed by atoms with E-state index in [9.17, 15) is 9.90 Å². The molecule has 0 fully saturated rings. The first kappa shape index (κ1) is 24.2. The monoisotopic (exact) mass is 410 g/mol. The van der Waals surface area contributed by atoms with Crippen molar-refractivity contribution in [1.82, 2.24) is 10.6 Å². The molecule has 1 aromatic carbocycles. The largest absolute Gasteiger partial charge is 0.396 e. The molecule has 1 rings (SSSR count). The number of rotatable bonds is 11. The normalized spacial score (nSPS) is 12.0. The summed E-state index contributed by atoms with van der Waals surface area (Å²) in [5.74, 6) is 0.582. The van der Waals surface area contributed by atoms with Gasteiger partial charge in [0.1, 0.15) is 0 Å². The van der Waals surface area contributed by atoms with Crippen molar-refractivity contribution in [1.29, 1.82) is 0 Å². The topological polar surface area (TPSA) is 85.8 Å². The van der Waals surface area contributed by atoms with E-state index in [1.165, 1.54) is 0 Å². The van der Waals surface area contributed by atoms with Crippen LogP contribution in [0, 0.1) is 12.3 Å². The van der Waals surface area contributed by atoms with E-state index in [-0.39, 0.29) is 17.9 Å². The molecule has 0 bridgehead atoms. The van der Waals surface area contributed by atoms with Crippen LogP contribution in [-0.4, -0.2) is 43.2 Å². The number of nitrogens with one attached hydrogen (secondary N) is 3. The van der Waals surface area contributed by atoms with E-state index < -0.39 is 0 Å². The van der Waals surface area contributed by atoms with Gasteiger partial charge in [0, 0.05) is 32.7 Å². The first-order valence-corrected chi connectivity index (χ1v) is 10.5. The quantitative estimate of drug-likeness (QED) is 0.331. The highest BCUT2D eigenvalue weighted by atomic mass is 35.5. The second-order valence-corrected chi connectivity index (χ2v) is 7.49. The number of aryl methyl sites for hydroxylation is 1. The van der Waals surface area contributed by atoms with E-state index in [2.05, 4.69) is 34.8 Å². The number of halogens is 1. The average Bonchev–Trinajstić information content (AvgIpc) is 2.67. The molecule has 0 saturated carbocycles. The molecule has 7 heteroatoms.